The maximum atomic E-state index is 12.3. The van der Waals surface area contributed by atoms with Gasteiger partial charge in [-0.15, -0.1) is 0 Å². The van der Waals surface area contributed by atoms with Crippen LogP contribution in [0.25, 0.3) is 16.6 Å². The average molecular weight is 495 g/mol. The molecule has 1 amide bonds. The monoisotopic (exact) mass is 494 g/mol. The number of aromatic amines is 1. The number of carboxylic acids is 1. The van der Waals surface area contributed by atoms with Crippen LogP contribution < -0.4 is 10.2 Å². The number of fused-ring (bicyclic) bond motifs is 1. The molecule has 188 valence electrons. The van der Waals surface area contributed by atoms with Crippen molar-refractivity contribution in [1.29, 1.82) is 0 Å². The largest absolute Gasteiger partial charge is 0.481 e. The average Bonchev–Trinajstić information content (AvgIpc) is 3.36. The summed E-state index contributed by atoms with van der Waals surface area (Å²) in [5.74, 6) is -0.472. The minimum absolute atomic E-state index is 0.0998. The summed E-state index contributed by atoms with van der Waals surface area (Å²) in [6.45, 7) is 0.658. The van der Waals surface area contributed by atoms with E-state index in [1.165, 1.54) is 24.0 Å². The molecule has 7 heteroatoms. The molecule has 4 aromatic rings. The Labute approximate surface area is 215 Å². The lowest BCUT2D eigenvalue weighted by atomic mass is 9.93. The minimum Gasteiger partial charge on any atom is -0.481 e. The molecule has 0 aliphatic heterocycles. The van der Waals surface area contributed by atoms with Crippen LogP contribution in [0.2, 0.25) is 0 Å². The zero-order valence-corrected chi connectivity index (χ0v) is 20.6. The number of benzene rings is 3. The highest BCUT2D eigenvalue weighted by Crippen LogP contribution is 2.31. The number of nitrogens with one attached hydrogen (secondary N) is 2. The number of aromatic nitrogens is 2. The molecule has 5 rings (SSSR count). The van der Waals surface area contributed by atoms with E-state index in [0.717, 1.165) is 41.1 Å². The number of hydrogen-bond acceptors (Lipinski definition) is 4. The maximum Gasteiger partial charge on any atom is 0.305 e. The van der Waals surface area contributed by atoms with Gasteiger partial charge in [-0.05, 0) is 78.8 Å². The van der Waals surface area contributed by atoms with E-state index >= 15 is 0 Å². The molecule has 0 spiro atoms. The predicted molar refractivity (Wildman–Crippen MR) is 146 cm³/mol. The molecular formula is C30H30N4O3. The van der Waals surface area contributed by atoms with Crippen LogP contribution in [0.3, 0.4) is 0 Å². The molecule has 0 saturated heterocycles. The number of allylic oxidation sites excluding steroid dienone is 2. The molecule has 3 aromatic carbocycles. The summed E-state index contributed by atoms with van der Waals surface area (Å²) in [6, 6.07) is 24.0. The highest BCUT2D eigenvalue weighted by Gasteiger charge is 2.16. The Morgan fingerprint density at radius 3 is 2.46 bits per heavy atom. The van der Waals surface area contributed by atoms with E-state index in [9.17, 15) is 9.59 Å². The minimum atomic E-state index is -0.940. The van der Waals surface area contributed by atoms with Crippen molar-refractivity contribution in [2.24, 2.45) is 0 Å². The number of imidazole rings is 1. The number of H-pyrrole nitrogens is 1. The Balaban J connectivity index is 1.39. The number of carboxylic acid groups (broad SMARTS) is 1. The lowest BCUT2D eigenvalue weighted by Gasteiger charge is -2.23. The molecule has 1 aromatic heterocycles. The van der Waals surface area contributed by atoms with Crippen molar-refractivity contribution in [3.8, 4) is 0 Å². The molecule has 0 saturated carbocycles. The molecular weight excluding hydrogens is 464 g/mol. The van der Waals surface area contributed by atoms with Crippen LogP contribution in [0.4, 0.5) is 11.6 Å². The summed E-state index contributed by atoms with van der Waals surface area (Å²) in [5.41, 5.74) is 7.10. The van der Waals surface area contributed by atoms with E-state index in [4.69, 9.17) is 10.1 Å². The molecule has 3 N–H and O–H groups in total. The molecule has 0 radical (unpaired) electrons. The van der Waals surface area contributed by atoms with Crippen LogP contribution >= 0.6 is 0 Å². The number of hydrogen-bond donors (Lipinski definition) is 3. The first-order valence-corrected chi connectivity index (χ1v) is 12.7. The van der Waals surface area contributed by atoms with Gasteiger partial charge in [0.15, 0.2) is 0 Å². The second-order valence-corrected chi connectivity index (χ2v) is 9.28. The molecule has 37 heavy (non-hydrogen) atoms. The van der Waals surface area contributed by atoms with Gasteiger partial charge in [-0.3, -0.25) is 9.59 Å². The van der Waals surface area contributed by atoms with Crippen LogP contribution in [0.15, 0.2) is 78.9 Å². The number of para-hydroxylation sites is 2. The fourth-order valence-corrected chi connectivity index (χ4v) is 4.64. The highest BCUT2D eigenvalue weighted by atomic mass is 16.4. The van der Waals surface area contributed by atoms with Crippen LogP contribution in [0.5, 0.6) is 0 Å². The number of aliphatic carboxylic acids is 1. The standard InChI is InChI=1S/C30H30N4O3/c35-28(36)18-19-31-29(37)24-12-10-21(11-13-24)20-34(30-32-26-8-4-5-9-27(26)33-30)25-16-14-23(15-17-25)22-6-2-1-3-7-22/h4-6,8-17H,1-3,7,18-20H2,(H,31,37)(H,32,33)(H,35,36). The van der Waals surface area contributed by atoms with Crippen LogP contribution in [-0.4, -0.2) is 33.5 Å². The number of anilines is 2. The van der Waals surface area contributed by atoms with E-state index in [-0.39, 0.29) is 18.9 Å². The Morgan fingerprint density at radius 1 is 0.973 bits per heavy atom. The number of carbonyl (C=O) groups excluding carboxylic acids is 1. The lowest BCUT2D eigenvalue weighted by Crippen LogP contribution is -2.26. The normalized spacial score (nSPS) is 13.2. The topological polar surface area (TPSA) is 98.3 Å². The van der Waals surface area contributed by atoms with Crippen molar-refractivity contribution < 1.29 is 14.7 Å². The van der Waals surface area contributed by atoms with Gasteiger partial charge < -0.3 is 20.3 Å². The van der Waals surface area contributed by atoms with Gasteiger partial charge in [0.2, 0.25) is 5.95 Å². The first-order chi connectivity index (χ1) is 18.1. The molecule has 1 aliphatic carbocycles. The van der Waals surface area contributed by atoms with Crippen LogP contribution in [0.1, 0.15) is 53.6 Å². The first kappa shape index (κ1) is 24.3. The summed E-state index contributed by atoms with van der Waals surface area (Å²) < 4.78 is 0. The highest BCUT2D eigenvalue weighted by molar-refractivity contribution is 5.94. The van der Waals surface area contributed by atoms with Crippen LogP contribution in [0, 0.1) is 0 Å². The first-order valence-electron chi connectivity index (χ1n) is 12.7. The number of nitrogens with zero attached hydrogens (tertiary/aromatic N) is 2. The van der Waals surface area contributed by atoms with Crippen molar-refractivity contribution in [3.05, 3.63) is 95.6 Å². The van der Waals surface area contributed by atoms with Crippen molar-refractivity contribution in [2.75, 3.05) is 11.4 Å². The van der Waals surface area contributed by atoms with Gasteiger partial charge in [-0.2, -0.15) is 0 Å². The fraction of sp³-hybridized carbons (Fsp3) is 0.233. The van der Waals surface area contributed by atoms with Crippen molar-refractivity contribution in [1.82, 2.24) is 15.3 Å². The van der Waals surface area contributed by atoms with E-state index in [0.29, 0.717) is 12.1 Å². The maximum absolute atomic E-state index is 12.3. The summed E-state index contributed by atoms with van der Waals surface area (Å²) in [7, 11) is 0. The van der Waals surface area contributed by atoms with Gasteiger partial charge in [0.1, 0.15) is 0 Å². The molecule has 0 atom stereocenters. The second kappa shape index (κ2) is 11.1. The third-order valence-electron chi connectivity index (χ3n) is 6.65. The Kier molecular flexibility index (Phi) is 7.31. The summed E-state index contributed by atoms with van der Waals surface area (Å²) in [5, 5.41) is 11.4. The van der Waals surface area contributed by atoms with E-state index < -0.39 is 5.97 Å². The van der Waals surface area contributed by atoms with Crippen molar-refractivity contribution in [2.45, 2.75) is 38.6 Å². The summed E-state index contributed by atoms with van der Waals surface area (Å²) in [4.78, 5) is 33.4. The van der Waals surface area contributed by atoms with Gasteiger partial charge >= 0.3 is 5.97 Å². The summed E-state index contributed by atoms with van der Waals surface area (Å²) in [6.07, 6.45) is 7.04. The Hall–Kier alpha value is -4.39. The van der Waals surface area contributed by atoms with E-state index in [1.54, 1.807) is 12.1 Å². The van der Waals surface area contributed by atoms with Gasteiger partial charge in [0, 0.05) is 17.8 Å². The summed E-state index contributed by atoms with van der Waals surface area (Å²) >= 11 is 0. The molecule has 0 unspecified atom stereocenters. The number of amides is 1. The molecule has 1 heterocycles. The number of carbonyl (C=O) groups is 2. The fourth-order valence-electron chi connectivity index (χ4n) is 4.64. The smallest absolute Gasteiger partial charge is 0.305 e. The van der Waals surface area contributed by atoms with Gasteiger partial charge in [-0.1, -0.05) is 42.5 Å². The zero-order chi connectivity index (χ0) is 25.6. The Morgan fingerprint density at radius 2 is 1.76 bits per heavy atom. The third kappa shape index (κ3) is 5.89. The van der Waals surface area contributed by atoms with Crippen molar-refractivity contribution >= 4 is 40.1 Å². The van der Waals surface area contributed by atoms with E-state index in [2.05, 4.69) is 45.5 Å². The van der Waals surface area contributed by atoms with Gasteiger partial charge in [0.05, 0.1) is 24.0 Å². The third-order valence-corrected chi connectivity index (χ3v) is 6.65. The molecule has 0 bridgehead atoms. The van der Waals surface area contributed by atoms with Gasteiger partial charge in [-0.25, -0.2) is 4.98 Å². The molecule has 7 nitrogen and oxygen atoms in total. The quantitative estimate of drug-likeness (QED) is 0.263. The predicted octanol–water partition coefficient (Wildman–Crippen LogP) is 6.06. The van der Waals surface area contributed by atoms with Gasteiger partial charge in [0.25, 0.3) is 5.91 Å². The SMILES string of the molecule is O=C(O)CCNC(=O)c1ccc(CN(c2ccc(C3=CCCCC3)cc2)c2nc3ccccc3[nH]2)cc1. The number of rotatable bonds is 9. The Bertz CT molecular complexity index is 1390. The zero-order valence-electron chi connectivity index (χ0n) is 20.6. The lowest BCUT2D eigenvalue weighted by molar-refractivity contribution is -0.136. The second-order valence-electron chi connectivity index (χ2n) is 9.28. The molecule has 0 fully saturated rings. The van der Waals surface area contributed by atoms with Crippen LogP contribution in [-0.2, 0) is 11.3 Å². The van der Waals surface area contributed by atoms with Crippen molar-refractivity contribution in [3.63, 3.8) is 0 Å². The van der Waals surface area contributed by atoms with E-state index in [1.807, 2.05) is 36.4 Å². The molecule has 1 aliphatic rings.